The summed E-state index contributed by atoms with van der Waals surface area (Å²) in [4.78, 5) is 0. The third-order valence-corrected chi connectivity index (χ3v) is 3.43. The summed E-state index contributed by atoms with van der Waals surface area (Å²) in [5.74, 6) is -1.27. The molecule has 0 bridgehead atoms. The van der Waals surface area contributed by atoms with Gasteiger partial charge in [0.2, 0.25) is 0 Å². The molecule has 0 saturated heterocycles. The molecule has 0 saturated carbocycles. The maximum atomic E-state index is 13.9. The van der Waals surface area contributed by atoms with E-state index in [9.17, 15) is 8.78 Å². The van der Waals surface area contributed by atoms with Gasteiger partial charge in [-0.2, -0.15) is 0 Å². The highest BCUT2D eigenvalue weighted by atomic mass is 35.5. The zero-order chi connectivity index (χ0) is 14.2. The van der Waals surface area contributed by atoms with E-state index in [1.807, 2.05) is 32.0 Å². The number of aryl methyl sites for hydroxylation is 2. The lowest BCUT2D eigenvalue weighted by Gasteiger charge is -2.17. The van der Waals surface area contributed by atoms with E-state index in [4.69, 9.17) is 17.3 Å². The van der Waals surface area contributed by atoms with Crippen molar-refractivity contribution in [3.05, 3.63) is 69.2 Å². The molecule has 2 N–H and O–H groups in total. The van der Waals surface area contributed by atoms with Crippen molar-refractivity contribution in [3.8, 4) is 0 Å². The van der Waals surface area contributed by atoms with Crippen LogP contribution in [0.2, 0.25) is 5.02 Å². The Kier molecular flexibility index (Phi) is 3.88. The Morgan fingerprint density at radius 3 is 2.37 bits per heavy atom. The minimum absolute atomic E-state index is 0.107. The van der Waals surface area contributed by atoms with E-state index >= 15 is 0 Å². The smallest absolute Gasteiger partial charge is 0.142 e. The number of hydrogen-bond donors (Lipinski definition) is 1. The largest absolute Gasteiger partial charge is 0.320 e. The Morgan fingerprint density at radius 2 is 1.68 bits per heavy atom. The van der Waals surface area contributed by atoms with Gasteiger partial charge >= 0.3 is 0 Å². The van der Waals surface area contributed by atoms with Crippen molar-refractivity contribution in [1.29, 1.82) is 0 Å². The number of rotatable bonds is 2. The van der Waals surface area contributed by atoms with Gasteiger partial charge in [-0.1, -0.05) is 35.4 Å². The molecule has 1 unspecified atom stereocenters. The number of halogens is 3. The van der Waals surface area contributed by atoms with Crippen molar-refractivity contribution in [2.24, 2.45) is 5.73 Å². The third kappa shape index (κ3) is 2.77. The lowest BCUT2D eigenvalue weighted by molar-refractivity contribution is 0.576. The fourth-order valence-electron chi connectivity index (χ4n) is 2.04. The summed E-state index contributed by atoms with van der Waals surface area (Å²) in [5.41, 5.74) is 8.90. The maximum Gasteiger partial charge on any atom is 0.142 e. The molecular weight excluding hydrogens is 268 g/mol. The molecule has 2 rings (SSSR count). The highest BCUT2D eigenvalue weighted by Gasteiger charge is 2.18. The third-order valence-electron chi connectivity index (χ3n) is 3.14. The van der Waals surface area contributed by atoms with Gasteiger partial charge in [0.25, 0.3) is 0 Å². The monoisotopic (exact) mass is 281 g/mol. The first-order chi connectivity index (χ1) is 8.90. The summed E-state index contributed by atoms with van der Waals surface area (Å²) < 4.78 is 27.3. The summed E-state index contributed by atoms with van der Waals surface area (Å²) in [6.45, 7) is 3.81. The second-order valence-corrected chi connectivity index (χ2v) is 5.03. The fourth-order valence-corrected chi connectivity index (χ4v) is 2.19. The normalized spacial score (nSPS) is 12.5. The van der Waals surface area contributed by atoms with Gasteiger partial charge in [0, 0.05) is 5.56 Å². The van der Waals surface area contributed by atoms with E-state index in [0.717, 1.165) is 28.8 Å². The minimum atomic E-state index is -0.716. The van der Waals surface area contributed by atoms with E-state index in [1.54, 1.807) is 0 Å². The highest BCUT2D eigenvalue weighted by Crippen LogP contribution is 2.28. The minimum Gasteiger partial charge on any atom is -0.320 e. The molecule has 100 valence electrons. The van der Waals surface area contributed by atoms with Gasteiger partial charge in [-0.25, -0.2) is 8.78 Å². The average Bonchev–Trinajstić information content (AvgIpc) is 2.36. The topological polar surface area (TPSA) is 26.0 Å². The van der Waals surface area contributed by atoms with Crippen LogP contribution in [0.5, 0.6) is 0 Å². The van der Waals surface area contributed by atoms with Crippen LogP contribution in [0.15, 0.2) is 30.3 Å². The first-order valence-corrected chi connectivity index (χ1v) is 6.25. The quantitative estimate of drug-likeness (QED) is 0.817. The van der Waals surface area contributed by atoms with Crippen molar-refractivity contribution in [2.45, 2.75) is 19.9 Å². The van der Waals surface area contributed by atoms with E-state index in [2.05, 4.69) is 0 Å². The van der Waals surface area contributed by atoms with Gasteiger partial charge < -0.3 is 5.73 Å². The number of benzene rings is 2. The molecule has 0 aromatic heterocycles. The van der Waals surface area contributed by atoms with Crippen LogP contribution >= 0.6 is 11.6 Å². The van der Waals surface area contributed by atoms with Crippen LogP contribution in [0, 0.1) is 25.5 Å². The number of nitrogens with two attached hydrogens (primary N) is 1. The molecule has 0 fully saturated rings. The Hall–Kier alpha value is -1.45. The Bertz CT molecular complexity index is 626. The summed E-state index contributed by atoms with van der Waals surface area (Å²) in [5, 5.41) is -0.241. The lowest BCUT2D eigenvalue weighted by Crippen LogP contribution is -2.15. The average molecular weight is 282 g/mol. The van der Waals surface area contributed by atoms with Crippen LogP contribution in [-0.2, 0) is 0 Å². The van der Waals surface area contributed by atoms with Crippen molar-refractivity contribution in [2.75, 3.05) is 0 Å². The van der Waals surface area contributed by atoms with Gasteiger partial charge in [0.1, 0.15) is 11.6 Å². The van der Waals surface area contributed by atoms with Crippen molar-refractivity contribution in [3.63, 3.8) is 0 Å². The van der Waals surface area contributed by atoms with Crippen LogP contribution in [0.25, 0.3) is 0 Å². The number of hydrogen-bond acceptors (Lipinski definition) is 1. The molecule has 0 amide bonds. The molecular formula is C15H14ClF2N. The standard InChI is InChI=1S/C15H14ClF2N/c1-8-3-4-9(2)10(5-8)15(19)11-6-14(18)12(16)7-13(11)17/h3-7,15H,19H2,1-2H3. The van der Waals surface area contributed by atoms with Crippen molar-refractivity contribution >= 4 is 11.6 Å². The molecule has 4 heteroatoms. The van der Waals surface area contributed by atoms with Crippen LogP contribution < -0.4 is 5.73 Å². The lowest BCUT2D eigenvalue weighted by atomic mass is 9.94. The Morgan fingerprint density at radius 1 is 1.00 bits per heavy atom. The van der Waals surface area contributed by atoms with E-state index in [0.29, 0.717) is 0 Å². The molecule has 2 aromatic carbocycles. The van der Waals surface area contributed by atoms with Gasteiger partial charge in [0.15, 0.2) is 0 Å². The predicted octanol–water partition coefficient (Wildman–Crippen LogP) is 4.28. The van der Waals surface area contributed by atoms with E-state index in [1.165, 1.54) is 0 Å². The van der Waals surface area contributed by atoms with E-state index < -0.39 is 17.7 Å². The second kappa shape index (κ2) is 5.27. The molecule has 1 nitrogen and oxygen atoms in total. The molecule has 0 aliphatic heterocycles. The summed E-state index contributed by atoms with van der Waals surface area (Å²) in [6.07, 6.45) is 0. The SMILES string of the molecule is Cc1ccc(C)c(C(N)c2cc(F)c(Cl)cc2F)c1. The summed E-state index contributed by atoms with van der Waals surface area (Å²) in [7, 11) is 0. The highest BCUT2D eigenvalue weighted by molar-refractivity contribution is 6.30. The Labute approximate surface area is 116 Å². The fraction of sp³-hybridized carbons (Fsp3) is 0.200. The van der Waals surface area contributed by atoms with Crippen molar-refractivity contribution in [1.82, 2.24) is 0 Å². The molecule has 0 spiro atoms. The van der Waals surface area contributed by atoms with Crippen molar-refractivity contribution < 1.29 is 8.78 Å². The molecule has 0 aliphatic rings. The van der Waals surface area contributed by atoms with Crippen LogP contribution in [0.4, 0.5) is 8.78 Å². The molecule has 1 atom stereocenters. The van der Waals surface area contributed by atoms with E-state index in [-0.39, 0.29) is 10.6 Å². The van der Waals surface area contributed by atoms with Gasteiger partial charge in [0.05, 0.1) is 11.1 Å². The molecule has 19 heavy (non-hydrogen) atoms. The van der Waals surface area contributed by atoms with Crippen LogP contribution in [0.3, 0.4) is 0 Å². The molecule has 0 heterocycles. The first kappa shape index (κ1) is 14.0. The van der Waals surface area contributed by atoms with Gasteiger partial charge in [-0.05, 0) is 37.1 Å². The molecule has 2 aromatic rings. The molecule has 0 aliphatic carbocycles. The van der Waals surface area contributed by atoms with Crippen LogP contribution in [-0.4, -0.2) is 0 Å². The molecule has 0 radical (unpaired) electrons. The summed E-state index contributed by atoms with van der Waals surface area (Å²) in [6, 6.07) is 7.04. The Balaban J connectivity index is 2.52. The zero-order valence-electron chi connectivity index (χ0n) is 10.7. The van der Waals surface area contributed by atoms with Crippen LogP contribution in [0.1, 0.15) is 28.3 Å². The predicted molar refractivity (Wildman–Crippen MR) is 73.3 cm³/mol. The van der Waals surface area contributed by atoms with Gasteiger partial charge in [-0.15, -0.1) is 0 Å². The van der Waals surface area contributed by atoms with Gasteiger partial charge in [-0.3, -0.25) is 0 Å². The first-order valence-electron chi connectivity index (χ1n) is 5.87. The zero-order valence-corrected chi connectivity index (χ0v) is 11.4. The summed E-state index contributed by atoms with van der Waals surface area (Å²) >= 11 is 5.54. The second-order valence-electron chi connectivity index (χ2n) is 4.63. The maximum absolute atomic E-state index is 13.9.